The van der Waals surface area contributed by atoms with E-state index in [0.717, 1.165) is 6.42 Å². The molecule has 0 aliphatic carbocycles. The lowest BCUT2D eigenvalue weighted by Crippen LogP contribution is -1.83. The number of hydrogen-bond acceptors (Lipinski definition) is 1. The summed E-state index contributed by atoms with van der Waals surface area (Å²) in [6.45, 7) is 1.57. The van der Waals surface area contributed by atoms with E-state index in [9.17, 15) is 4.79 Å². The summed E-state index contributed by atoms with van der Waals surface area (Å²) in [7, 11) is 0. The van der Waals surface area contributed by atoms with E-state index in [1.54, 1.807) is 6.92 Å². The minimum absolute atomic E-state index is 0.195. The average Bonchev–Trinajstić information content (AvgIpc) is 1.80. The molecule has 0 atom stereocenters. The van der Waals surface area contributed by atoms with Crippen LogP contribution in [-0.4, -0.2) is 11.7 Å². The monoisotopic (exact) mass is 146 g/mol. The fourth-order valence-electron chi connectivity index (χ4n) is 0.430. The van der Waals surface area contributed by atoms with Gasteiger partial charge in [0.15, 0.2) is 0 Å². The highest BCUT2D eigenvalue weighted by Crippen LogP contribution is 1.89. The molecule has 0 saturated carbocycles. The molecule has 0 amide bonds. The predicted octanol–water partition coefficient (Wildman–Crippen LogP) is 2.15. The van der Waals surface area contributed by atoms with E-state index in [-0.39, 0.29) is 5.78 Å². The second-order valence-electron chi connectivity index (χ2n) is 1.86. The summed E-state index contributed by atoms with van der Waals surface area (Å²) in [5, 5.41) is 0. The van der Waals surface area contributed by atoms with Gasteiger partial charge in [0.05, 0.1) is 0 Å². The zero-order valence-corrected chi connectivity index (χ0v) is 6.32. The molecule has 0 aromatic heterocycles. The Kier molecular flexibility index (Phi) is 5.64. The molecule has 0 fully saturated rings. The molecular weight excluding hydrogens is 136 g/mol. The number of halogens is 1. The van der Waals surface area contributed by atoms with Crippen LogP contribution in [0.5, 0.6) is 0 Å². The first-order valence-corrected chi connectivity index (χ1v) is 3.51. The van der Waals surface area contributed by atoms with Crippen molar-refractivity contribution in [2.24, 2.45) is 0 Å². The molecule has 0 aromatic rings. The van der Waals surface area contributed by atoms with Crippen LogP contribution >= 0.6 is 11.6 Å². The van der Waals surface area contributed by atoms with Crippen molar-refractivity contribution >= 4 is 17.4 Å². The molecule has 0 aliphatic rings. The first-order valence-electron chi connectivity index (χ1n) is 2.97. The summed E-state index contributed by atoms with van der Waals surface area (Å²) < 4.78 is 0. The van der Waals surface area contributed by atoms with Gasteiger partial charge in [0.25, 0.3) is 0 Å². The van der Waals surface area contributed by atoms with Crippen molar-refractivity contribution in [1.29, 1.82) is 0 Å². The van der Waals surface area contributed by atoms with Crippen LogP contribution in [0.15, 0.2) is 12.2 Å². The Balaban J connectivity index is 3.14. The topological polar surface area (TPSA) is 17.1 Å². The van der Waals surface area contributed by atoms with Crippen molar-refractivity contribution in [3.05, 3.63) is 12.2 Å². The number of allylic oxidation sites excluding steroid dienone is 2. The van der Waals surface area contributed by atoms with Crippen LogP contribution < -0.4 is 0 Å². The third kappa shape index (κ3) is 7.70. The molecule has 1 nitrogen and oxygen atoms in total. The molecule has 0 heterocycles. The van der Waals surface area contributed by atoms with Crippen LogP contribution in [0.25, 0.3) is 0 Å². The van der Waals surface area contributed by atoms with Gasteiger partial charge in [-0.3, -0.25) is 4.79 Å². The normalized spacial score (nSPS) is 10.4. The van der Waals surface area contributed by atoms with Gasteiger partial charge in [-0.1, -0.05) is 12.2 Å². The third-order valence-corrected chi connectivity index (χ3v) is 1.07. The standard InChI is InChI=1S/C7H11ClO/c1-7(9)5-3-2-4-6-8/h2-3H,4-6H2,1H3/b3-2+. The first-order chi connectivity index (χ1) is 4.27. The second-order valence-corrected chi connectivity index (χ2v) is 2.23. The number of hydrogen-bond donors (Lipinski definition) is 0. The van der Waals surface area contributed by atoms with Crippen LogP contribution in [0.4, 0.5) is 0 Å². The molecule has 52 valence electrons. The molecular formula is C7H11ClO. The Hall–Kier alpha value is -0.300. The molecule has 2 heteroatoms. The van der Waals surface area contributed by atoms with Gasteiger partial charge in [0.2, 0.25) is 0 Å². The molecule has 0 bridgehead atoms. The van der Waals surface area contributed by atoms with Crippen molar-refractivity contribution in [3.63, 3.8) is 0 Å². The maximum Gasteiger partial charge on any atom is 0.133 e. The maximum absolute atomic E-state index is 10.3. The molecule has 0 rings (SSSR count). The molecule has 0 unspecified atom stereocenters. The molecule has 0 aliphatic heterocycles. The molecule has 0 N–H and O–H groups in total. The number of carbonyl (C=O) groups is 1. The fourth-order valence-corrected chi connectivity index (χ4v) is 0.556. The number of ketones is 1. The van der Waals surface area contributed by atoms with E-state index < -0.39 is 0 Å². The Morgan fingerprint density at radius 1 is 1.56 bits per heavy atom. The van der Waals surface area contributed by atoms with Gasteiger partial charge in [-0.05, 0) is 13.3 Å². The van der Waals surface area contributed by atoms with Crippen molar-refractivity contribution < 1.29 is 4.79 Å². The summed E-state index contributed by atoms with van der Waals surface area (Å²) in [6, 6.07) is 0. The highest BCUT2D eigenvalue weighted by atomic mass is 35.5. The first kappa shape index (κ1) is 8.70. The summed E-state index contributed by atoms with van der Waals surface area (Å²) in [5.41, 5.74) is 0. The van der Waals surface area contributed by atoms with E-state index in [4.69, 9.17) is 11.6 Å². The summed E-state index contributed by atoms with van der Waals surface area (Å²) in [4.78, 5) is 10.3. The lowest BCUT2D eigenvalue weighted by atomic mass is 10.3. The van der Waals surface area contributed by atoms with Crippen molar-refractivity contribution in [2.75, 3.05) is 5.88 Å². The zero-order valence-electron chi connectivity index (χ0n) is 5.56. The highest BCUT2D eigenvalue weighted by molar-refractivity contribution is 6.17. The minimum atomic E-state index is 0.195. The van der Waals surface area contributed by atoms with E-state index in [1.165, 1.54) is 0 Å². The average molecular weight is 147 g/mol. The van der Waals surface area contributed by atoms with Crippen LogP contribution in [-0.2, 0) is 4.79 Å². The zero-order chi connectivity index (χ0) is 7.11. The van der Waals surface area contributed by atoms with Crippen molar-refractivity contribution in [1.82, 2.24) is 0 Å². The largest absolute Gasteiger partial charge is 0.300 e. The number of Topliss-reactive ketones (excluding diaryl/α,β-unsaturated/α-hetero) is 1. The Morgan fingerprint density at radius 2 is 2.22 bits per heavy atom. The van der Waals surface area contributed by atoms with Gasteiger partial charge < -0.3 is 0 Å². The van der Waals surface area contributed by atoms with E-state index in [1.807, 2.05) is 12.2 Å². The van der Waals surface area contributed by atoms with Crippen LogP contribution in [0.3, 0.4) is 0 Å². The summed E-state index contributed by atoms with van der Waals surface area (Å²) in [6.07, 6.45) is 5.17. The van der Waals surface area contributed by atoms with E-state index >= 15 is 0 Å². The number of carbonyl (C=O) groups excluding carboxylic acids is 1. The summed E-state index contributed by atoms with van der Waals surface area (Å²) in [5.74, 6) is 0.829. The maximum atomic E-state index is 10.3. The van der Waals surface area contributed by atoms with Gasteiger partial charge in [-0.15, -0.1) is 11.6 Å². The lowest BCUT2D eigenvalue weighted by Gasteiger charge is -1.83. The number of alkyl halides is 1. The predicted molar refractivity (Wildman–Crippen MR) is 39.8 cm³/mol. The highest BCUT2D eigenvalue weighted by Gasteiger charge is 1.83. The van der Waals surface area contributed by atoms with Gasteiger partial charge in [-0.25, -0.2) is 0 Å². The van der Waals surface area contributed by atoms with Crippen LogP contribution in [0, 0.1) is 0 Å². The molecule has 0 spiro atoms. The number of rotatable bonds is 4. The fraction of sp³-hybridized carbons (Fsp3) is 0.571. The Labute approximate surface area is 60.7 Å². The lowest BCUT2D eigenvalue weighted by molar-refractivity contribution is -0.116. The smallest absolute Gasteiger partial charge is 0.133 e. The molecule has 0 radical (unpaired) electrons. The minimum Gasteiger partial charge on any atom is -0.300 e. The van der Waals surface area contributed by atoms with E-state index in [0.29, 0.717) is 12.3 Å². The quantitative estimate of drug-likeness (QED) is 0.439. The second kappa shape index (κ2) is 5.83. The van der Waals surface area contributed by atoms with Crippen molar-refractivity contribution in [2.45, 2.75) is 19.8 Å². The van der Waals surface area contributed by atoms with Gasteiger partial charge in [-0.2, -0.15) is 0 Å². The molecule has 0 saturated heterocycles. The molecule has 9 heavy (non-hydrogen) atoms. The summed E-state index contributed by atoms with van der Waals surface area (Å²) >= 11 is 5.38. The third-order valence-electron chi connectivity index (χ3n) is 0.848. The van der Waals surface area contributed by atoms with Gasteiger partial charge in [0, 0.05) is 12.3 Å². The van der Waals surface area contributed by atoms with E-state index in [2.05, 4.69) is 0 Å². The SMILES string of the molecule is CC(=O)C/C=C/CCCl. The van der Waals surface area contributed by atoms with Crippen molar-refractivity contribution in [3.8, 4) is 0 Å². The Morgan fingerprint density at radius 3 is 2.67 bits per heavy atom. The van der Waals surface area contributed by atoms with Crippen LogP contribution in [0.1, 0.15) is 19.8 Å². The van der Waals surface area contributed by atoms with Crippen LogP contribution in [0.2, 0.25) is 0 Å². The molecule has 0 aromatic carbocycles. The van der Waals surface area contributed by atoms with Gasteiger partial charge in [0.1, 0.15) is 5.78 Å². The Bertz CT molecular complexity index is 107. The van der Waals surface area contributed by atoms with Gasteiger partial charge >= 0.3 is 0 Å².